The van der Waals surface area contributed by atoms with Crippen molar-refractivity contribution in [2.24, 2.45) is 5.92 Å². The standard InChI is InChI=1S/C13H19N3O2/c1-9-6-14-13(15-7-9)16-2-3-18-12-5-10(8-17)4-11(12)16/h6-7,10-12,17H,2-5,8H2,1H3/t10-,11+,12?/m1/s1. The largest absolute Gasteiger partial charge is 0.396 e. The lowest BCUT2D eigenvalue weighted by atomic mass is 10.1. The van der Waals surface area contributed by atoms with Crippen LogP contribution in [0, 0.1) is 12.8 Å². The highest BCUT2D eigenvalue weighted by atomic mass is 16.5. The van der Waals surface area contributed by atoms with Gasteiger partial charge < -0.3 is 14.7 Å². The number of aliphatic hydroxyl groups is 1. The average molecular weight is 249 g/mol. The Morgan fingerprint density at radius 3 is 2.89 bits per heavy atom. The number of hydrogen-bond acceptors (Lipinski definition) is 5. The van der Waals surface area contributed by atoms with Crippen molar-refractivity contribution >= 4 is 5.95 Å². The van der Waals surface area contributed by atoms with Gasteiger partial charge in [-0.3, -0.25) is 0 Å². The lowest BCUT2D eigenvalue weighted by Gasteiger charge is -2.37. The number of nitrogens with zero attached hydrogens (tertiary/aromatic N) is 3. The first-order chi connectivity index (χ1) is 8.78. The van der Waals surface area contributed by atoms with Gasteiger partial charge in [-0.05, 0) is 31.2 Å². The van der Waals surface area contributed by atoms with Crippen LogP contribution in [0.3, 0.4) is 0 Å². The van der Waals surface area contributed by atoms with Crippen LogP contribution in [0.4, 0.5) is 5.95 Å². The van der Waals surface area contributed by atoms with Crippen LogP contribution in [0.2, 0.25) is 0 Å². The van der Waals surface area contributed by atoms with Crippen molar-refractivity contribution in [3.05, 3.63) is 18.0 Å². The van der Waals surface area contributed by atoms with Crippen molar-refractivity contribution in [3.63, 3.8) is 0 Å². The van der Waals surface area contributed by atoms with E-state index in [-0.39, 0.29) is 12.7 Å². The van der Waals surface area contributed by atoms with E-state index < -0.39 is 0 Å². The fraction of sp³-hybridized carbons (Fsp3) is 0.692. The van der Waals surface area contributed by atoms with Gasteiger partial charge >= 0.3 is 0 Å². The number of rotatable bonds is 2. The number of aliphatic hydroxyl groups excluding tert-OH is 1. The number of morpholine rings is 1. The monoisotopic (exact) mass is 249 g/mol. The van der Waals surface area contributed by atoms with E-state index in [0.717, 1.165) is 37.5 Å². The molecule has 2 aliphatic rings. The molecule has 3 atom stereocenters. The van der Waals surface area contributed by atoms with Gasteiger partial charge in [-0.25, -0.2) is 9.97 Å². The Morgan fingerprint density at radius 1 is 1.39 bits per heavy atom. The van der Waals surface area contributed by atoms with Crippen LogP contribution in [-0.2, 0) is 4.74 Å². The molecule has 1 N–H and O–H groups in total. The van der Waals surface area contributed by atoms with Crippen LogP contribution in [-0.4, -0.2) is 47.0 Å². The van der Waals surface area contributed by atoms with Gasteiger partial charge in [0.2, 0.25) is 5.95 Å². The molecule has 0 amide bonds. The molecule has 1 aliphatic heterocycles. The average Bonchev–Trinajstić information content (AvgIpc) is 2.82. The molecule has 1 aromatic heterocycles. The highest BCUT2D eigenvalue weighted by Gasteiger charge is 2.41. The minimum absolute atomic E-state index is 0.223. The van der Waals surface area contributed by atoms with Gasteiger partial charge in [-0.15, -0.1) is 0 Å². The van der Waals surface area contributed by atoms with Crippen molar-refractivity contribution < 1.29 is 9.84 Å². The maximum atomic E-state index is 9.30. The van der Waals surface area contributed by atoms with Crippen LogP contribution in [0.5, 0.6) is 0 Å². The molecule has 2 fully saturated rings. The summed E-state index contributed by atoms with van der Waals surface area (Å²) in [4.78, 5) is 11.1. The van der Waals surface area contributed by atoms with E-state index in [1.807, 2.05) is 19.3 Å². The third kappa shape index (κ3) is 2.08. The SMILES string of the molecule is Cc1cnc(N2CCOC3C[C@H](CO)C[C@@H]32)nc1. The molecule has 1 saturated carbocycles. The van der Waals surface area contributed by atoms with E-state index >= 15 is 0 Å². The Bertz CT molecular complexity index is 409. The smallest absolute Gasteiger partial charge is 0.225 e. The van der Waals surface area contributed by atoms with Crippen molar-refractivity contribution in [1.82, 2.24) is 9.97 Å². The van der Waals surface area contributed by atoms with E-state index in [4.69, 9.17) is 4.74 Å². The molecule has 0 radical (unpaired) electrons. The van der Waals surface area contributed by atoms with Gasteiger partial charge in [-0.1, -0.05) is 0 Å². The summed E-state index contributed by atoms with van der Waals surface area (Å²) in [5.74, 6) is 1.14. The van der Waals surface area contributed by atoms with Crippen molar-refractivity contribution in [1.29, 1.82) is 0 Å². The number of ether oxygens (including phenoxy) is 1. The van der Waals surface area contributed by atoms with Crippen molar-refractivity contribution in [2.75, 3.05) is 24.7 Å². The van der Waals surface area contributed by atoms with Crippen molar-refractivity contribution in [3.8, 4) is 0 Å². The molecule has 3 rings (SSSR count). The van der Waals surface area contributed by atoms with Gasteiger partial charge in [0, 0.05) is 25.5 Å². The van der Waals surface area contributed by atoms with Crippen molar-refractivity contribution in [2.45, 2.75) is 31.9 Å². The van der Waals surface area contributed by atoms with Gasteiger partial charge in [-0.2, -0.15) is 0 Å². The summed E-state index contributed by atoms with van der Waals surface area (Å²) in [5.41, 5.74) is 1.07. The number of anilines is 1. The zero-order chi connectivity index (χ0) is 12.5. The predicted molar refractivity (Wildman–Crippen MR) is 67.5 cm³/mol. The lowest BCUT2D eigenvalue weighted by molar-refractivity contribution is 0.0224. The van der Waals surface area contributed by atoms with Gasteiger partial charge in [0.25, 0.3) is 0 Å². The Labute approximate surface area is 107 Å². The first-order valence-electron chi connectivity index (χ1n) is 6.55. The molecule has 5 heteroatoms. The van der Waals surface area contributed by atoms with Crippen LogP contribution < -0.4 is 4.90 Å². The van der Waals surface area contributed by atoms with Gasteiger partial charge in [0.1, 0.15) is 0 Å². The first-order valence-corrected chi connectivity index (χ1v) is 6.55. The molecular weight excluding hydrogens is 230 g/mol. The second-order valence-electron chi connectivity index (χ2n) is 5.25. The van der Waals surface area contributed by atoms with Crippen LogP contribution in [0.1, 0.15) is 18.4 Å². The molecule has 5 nitrogen and oxygen atoms in total. The van der Waals surface area contributed by atoms with E-state index in [1.165, 1.54) is 0 Å². The Hall–Kier alpha value is -1.20. The number of hydrogen-bond donors (Lipinski definition) is 1. The van der Waals surface area contributed by atoms with Crippen LogP contribution in [0.15, 0.2) is 12.4 Å². The third-order valence-corrected chi connectivity index (χ3v) is 3.92. The van der Waals surface area contributed by atoms with E-state index in [2.05, 4.69) is 14.9 Å². The molecular formula is C13H19N3O2. The number of fused-ring (bicyclic) bond motifs is 1. The number of aromatic nitrogens is 2. The summed E-state index contributed by atoms with van der Waals surface area (Å²) in [6.45, 7) is 3.79. The van der Waals surface area contributed by atoms with Gasteiger partial charge in [0.05, 0.1) is 18.8 Å². The Morgan fingerprint density at radius 2 is 2.17 bits per heavy atom. The highest BCUT2D eigenvalue weighted by molar-refractivity contribution is 5.34. The molecule has 98 valence electrons. The second-order valence-corrected chi connectivity index (χ2v) is 5.25. The molecule has 0 spiro atoms. The van der Waals surface area contributed by atoms with Crippen LogP contribution >= 0.6 is 0 Å². The highest BCUT2D eigenvalue weighted by Crippen LogP contribution is 2.35. The topological polar surface area (TPSA) is 58.5 Å². The lowest BCUT2D eigenvalue weighted by Crippen LogP contribution is -2.49. The summed E-state index contributed by atoms with van der Waals surface area (Å²) in [5, 5.41) is 9.30. The minimum Gasteiger partial charge on any atom is -0.396 e. The maximum absolute atomic E-state index is 9.30. The quantitative estimate of drug-likeness (QED) is 0.838. The van der Waals surface area contributed by atoms with E-state index in [9.17, 15) is 5.11 Å². The zero-order valence-electron chi connectivity index (χ0n) is 10.6. The summed E-state index contributed by atoms with van der Waals surface area (Å²) in [7, 11) is 0. The summed E-state index contributed by atoms with van der Waals surface area (Å²) in [6.07, 6.45) is 5.85. The number of aryl methyl sites for hydroxylation is 1. The van der Waals surface area contributed by atoms with Gasteiger partial charge in [0.15, 0.2) is 0 Å². The molecule has 2 heterocycles. The second kappa shape index (κ2) is 4.82. The molecule has 1 unspecified atom stereocenters. The fourth-order valence-electron chi connectivity index (χ4n) is 2.98. The Balaban J connectivity index is 1.81. The first kappa shape index (κ1) is 11.9. The third-order valence-electron chi connectivity index (χ3n) is 3.92. The molecule has 18 heavy (non-hydrogen) atoms. The molecule has 1 aliphatic carbocycles. The Kier molecular flexibility index (Phi) is 3.18. The molecule has 1 saturated heterocycles. The molecule has 0 bridgehead atoms. The normalized spacial score (nSPS) is 31.4. The van der Waals surface area contributed by atoms with Crippen LogP contribution in [0.25, 0.3) is 0 Å². The van der Waals surface area contributed by atoms with E-state index in [1.54, 1.807) is 0 Å². The molecule has 1 aromatic rings. The van der Waals surface area contributed by atoms with E-state index in [0.29, 0.717) is 12.0 Å². The molecule has 0 aromatic carbocycles. The maximum Gasteiger partial charge on any atom is 0.225 e. The predicted octanol–water partition coefficient (Wildman–Crippen LogP) is 0.761. The summed E-state index contributed by atoms with van der Waals surface area (Å²) in [6, 6.07) is 0.318. The zero-order valence-corrected chi connectivity index (χ0v) is 10.6. The summed E-state index contributed by atoms with van der Waals surface area (Å²) < 4.78 is 5.80. The summed E-state index contributed by atoms with van der Waals surface area (Å²) >= 11 is 0. The fourth-order valence-corrected chi connectivity index (χ4v) is 2.98. The minimum atomic E-state index is 0.223.